The van der Waals surface area contributed by atoms with E-state index in [2.05, 4.69) is 0 Å². The second-order valence-corrected chi connectivity index (χ2v) is 9.15. The van der Waals surface area contributed by atoms with Crippen LogP contribution in [0.3, 0.4) is 0 Å². The van der Waals surface area contributed by atoms with Crippen LogP contribution in [0.1, 0.15) is 66.9 Å². The second-order valence-electron chi connectivity index (χ2n) is 9.15. The van der Waals surface area contributed by atoms with E-state index in [9.17, 15) is 4.79 Å². The van der Waals surface area contributed by atoms with E-state index in [1.54, 1.807) is 0 Å². The van der Waals surface area contributed by atoms with E-state index >= 15 is 0 Å². The van der Waals surface area contributed by atoms with Crippen LogP contribution in [0.5, 0.6) is 5.75 Å². The Morgan fingerprint density at radius 2 is 1.70 bits per heavy atom. The van der Waals surface area contributed by atoms with Crippen molar-refractivity contribution in [3.63, 3.8) is 0 Å². The molecule has 0 spiro atoms. The first-order valence-electron chi connectivity index (χ1n) is 9.62. The van der Waals surface area contributed by atoms with Crippen LogP contribution in [0.25, 0.3) is 0 Å². The summed E-state index contributed by atoms with van der Waals surface area (Å²) in [4.78, 5) is 11.7. The van der Waals surface area contributed by atoms with Gasteiger partial charge in [0.2, 0.25) is 0 Å². The molecule has 0 aliphatic carbocycles. The average Bonchev–Trinajstić information content (AvgIpc) is 2.71. The van der Waals surface area contributed by atoms with Crippen LogP contribution in [-0.4, -0.2) is 36.5 Å². The number of benzene rings is 1. The zero-order chi connectivity index (χ0) is 20.5. The van der Waals surface area contributed by atoms with E-state index in [4.69, 9.17) is 18.8 Å². The molecular weight excluding hydrogens is 343 g/mol. The van der Waals surface area contributed by atoms with Crippen molar-refractivity contribution in [1.82, 2.24) is 0 Å². The molecule has 2 rings (SSSR count). The van der Waals surface area contributed by atoms with Crippen molar-refractivity contribution >= 4 is 18.6 Å². The fourth-order valence-electron chi connectivity index (χ4n) is 2.75. The molecule has 150 valence electrons. The molecule has 1 aliphatic rings. The van der Waals surface area contributed by atoms with E-state index in [0.29, 0.717) is 19.4 Å². The summed E-state index contributed by atoms with van der Waals surface area (Å²) < 4.78 is 23.3. The number of rotatable bonds is 6. The zero-order valence-corrected chi connectivity index (χ0v) is 18.0. The standard InChI is InChI=1S/C21H33BO5/c1-15-14-16(22-26-20(5,6)21(7,8)27-22)11-12-17(15)24-13-9-10-18(23)25-19(2,3)4/h11-12,14H,9-10,13H2,1-8H3. The van der Waals surface area contributed by atoms with E-state index < -0.39 is 5.60 Å². The Balaban J connectivity index is 1.88. The molecule has 0 bridgehead atoms. The lowest BCUT2D eigenvalue weighted by Crippen LogP contribution is -2.41. The van der Waals surface area contributed by atoms with Gasteiger partial charge in [0.05, 0.1) is 17.8 Å². The lowest BCUT2D eigenvalue weighted by molar-refractivity contribution is -0.155. The summed E-state index contributed by atoms with van der Waals surface area (Å²) in [6.45, 7) is 16.2. The minimum atomic E-state index is -0.447. The van der Waals surface area contributed by atoms with E-state index in [-0.39, 0.29) is 24.3 Å². The highest BCUT2D eigenvalue weighted by Gasteiger charge is 2.51. The van der Waals surface area contributed by atoms with Crippen molar-refractivity contribution < 1.29 is 23.6 Å². The third-order valence-electron chi connectivity index (χ3n) is 4.93. The molecule has 6 heteroatoms. The molecule has 1 heterocycles. The van der Waals surface area contributed by atoms with Crippen LogP contribution in [0.4, 0.5) is 0 Å². The van der Waals surface area contributed by atoms with Crippen molar-refractivity contribution in [1.29, 1.82) is 0 Å². The molecule has 0 atom stereocenters. The van der Waals surface area contributed by atoms with E-state index in [0.717, 1.165) is 16.8 Å². The fourth-order valence-corrected chi connectivity index (χ4v) is 2.75. The van der Waals surface area contributed by atoms with Crippen molar-refractivity contribution in [2.24, 2.45) is 0 Å². The van der Waals surface area contributed by atoms with E-state index in [1.807, 2.05) is 73.6 Å². The molecule has 0 radical (unpaired) electrons. The first-order chi connectivity index (χ1) is 12.3. The van der Waals surface area contributed by atoms with Gasteiger partial charge < -0.3 is 18.8 Å². The Labute approximate surface area is 163 Å². The third kappa shape index (κ3) is 5.72. The molecule has 0 unspecified atom stereocenters. The number of hydrogen-bond donors (Lipinski definition) is 0. The van der Waals surface area contributed by atoms with Gasteiger partial charge in [-0.2, -0.15) is 0 Å². The highest BCUT2D eigenvalue weighted by atomic mass is 16.7. The lowest BCUT2D eigenvalue weighted by atomic mass is 9.78. The van der Waals surface area contributed by atoms with Crippen LogP contribution in [0.15, 0.2) is 18.2 Å². The summed E-state index contributed by atoms with van der Waals surface area (Å²) in [5, 5.41) is 0. The Kier molecular flexibility index (Phi) is 6.32. The average molecular weight is 376 g/mol. The molecule has 1 aliphatic heterocycles. The van der Waals surface area contributed by atoms with Gasteiger partial charge in [0.1, 0.15) is 11.4 Å². The highest BCUT2D eigenvalue weighted by molar-refractivity contribution is 6.62. The number of ether oxygens (including phenoxy) is 2. The van der Waals surface area contributed by atoms with Crippen molar-refractivity contribution in [3.8, 4) is 5.75 Å². The first kappa shape index (κ1) is 21.8. The van der Waals surface area contributed by atoms with Crippen molar-refractivity contribution in [2.45, 2.75) is 85.0 Å². The largest absolute Gasteiger partial charge is 0.494 e. The fraction of sp³-hybridized carbons (Fsp3) is 0.667. The van der Waals surface area contributed by atoms with Crippen LogP contribution in [-0.2, 0) is 18.8 Å². The maximum absolute atomic E-state index is 11.7. The van der Waals surface area contributed by atoms with Crippen LogP contribution < -0.4 is 10.2 Å². The summed E-state index contributed by atoms with van der Waals surface area (Å²) >= 11 is 0. The monoisotopic (exact) mass is 376 g/mol. The molecule has 1 aromatic carbocycles. The number of hydrogen-bond acceptors (Lipinski definition) is 5. The smallest absolute Gasteiger partial charge is 0.493 e. The molecule has 1 saturated heterocycles. The Hall–Kier alpha value is -1.53. The third-order valence-corrected chi connectivity index (χ3v) is 4.93. The van der Waals surface area contributed by atoms with Crippen LogP contribution in [0, 0.1) is 6.92 Å². The minimum absolute atomic E-state index is 0.195. The molecular formula is C21H33BO5. The van der Waals surface area contributed by atoms with Gasteiger partial charge in [0, 0.05) is 6.42 Å². The van der Waals surface area contributed by atoms with Gasteiger partial charge in [-0.1, -0.05) is 12.1 Å². The number of esters is 1. The molecule has 0 N–H and O–H groups in total. The van der Waals surface area contributed by atoms with Crippen LogP contribution >= 0.6 is 0 Å². The number of carbonyl (C=O) groups excluding carboxylic acids is 1. The van der Waals surface area contributed by atoms with Crippen molar-refractivity contribution in [3.05, 3.63) is 23.8 Å². The van der Waals surface area contributed by atoms with Crippen molar-refractivity contribution in [2.75, 3.05) is 6.61 Å². The maximum Gasteiger partial charge on any atom is 0.494 e. The summed E-state index contributed by atoms with van der Waals surface area (Å²) in [7, 11) is -0.380. The summed E-state index contributed by atoms with van der Waals surface area (Å²) in [5.74, 6) is 0.610. The van der Waals surface area contributed by atoms with Gasteiger partial charge >= 0.3 is 13.1 Å². The topological polar surface area (TPSA) is 54.0 Å². The molecule has 1 aromatic rings. The van der Waals surface area contributed by atoms with Crippen LogP contribution in [0.2, 0.25) is 0 Å². The molecule has 0 aromatic heterocycles. The molecule has 1 fully saturated rings. The Morgan fingerprint density at radius 3 is 2.22 bits per heavy atom. The summed E-state index contributed by atoms with van der Waals surface area (Å²) in [5.41, 5.74) is 0.828. The zero-order valence-electron chi connectivity index (χ0n) is 18.0. The van der Waals surface area contributed by atoms with Gasteiger partial charge in [0.25, 0.3) is 0 Å². The van der Waals surface area contributed by atoms with Gasteiger partial charge in [-0.25, -0.2) is 0 Å². The normalized spacial score (nSPS) is 18.4. The predicted octanol–water partition coefficient (Wildman–Crippen LogP) is 3.79. The quantitative estimate of drug-likeness (QED) is 0.430. The van der Waals surface area contributed by atoms with Gasteiger partial charge in [-0.15, -0.1) is 0 Å². The summed E-state index contributed by atoms with van der Waals surface area (Å²) in [6, 6.07) is 5.94. The maximum atomic E-state index is 11.7. The summed E-state index contributed by atoms with van der Waals surface area (Å²) in [6.07, 6.45) is 0.968. The molecule has 27 heavy (non-hydrogen) atoms. The second kappa shape index (κ2) is 7.84. The van der Waals surface area contributed by atoms with Gasteiger partial charge in [-0.3, -0.25) is 4.79 Å². The minimum Gasteiger partial charge on any atom is -0.493 e. The first-order valence-corrected chi connectivity index (χ1v) is 9.62. The molecule has 0 amide bonds. The van der Waals surface area contributed by atoms with E-state index in [1.165, 1.54) is 0 Å². The van der Waals surface area contributed by atoms with Gasteiger partial charge in [-0.05, 0) is 78.9 Å². The predicted molar refractivity (Wildman–Crippen MR) is 107 cm³/mol. The Bertz CT molecular complexity index is 660. The lowest BCUT2D eigenvalue weighted by Gasteiger charge is -2.32. The van der Waals surface area contributed by atoms with Gasteiger partial charge in [0.15, 0.2) is 0 Å². The molecule has 5 nitrogen and oxygen atoms in total. The highest BCUT2D eigenvalue weighted by Crippen LogP contribution is 2.36. The number of aryl methyl sites for hydroxylation is 1. The SMILES string of the molecule is Cc1cc(B2OC(C)(C)C(C)(C)O2)ccc1OCCCC(=O)OC(C)(C)C. The number of carbonyl (C=O) groups is 1. The molecule has 0 saturated carbocycles. The Morgan fingerprint density at radius 1 is 1.11 bits per heavy atom.